The Bertz CT molecular complexity index is 1420. The highest BCUT2D eigenvalue weighted by Gasteiger charge is 2.25. The van der Waals surface area contributed by atoms with Gasteiger partial charge in [0.15, 0.2) is 4.96 Å². The first-order valence-corrected chi connectivity index (χ1v) is 12.0. The molecule has 0 saturated heterocycles. The largest absolute Gasteiger partial charge is 0.506 e. The molecule has 0 bridgehead atoms. The molecule has 0 spiro atoms. The van der Waals surface area contributed by atoms with Crippen LogP contribution in [-0.4, -0.2) is 35.1 Å². The molecular formula is C22H23N3O5S2. The average Bonchev–Trinajstić information content (AvgIpc) is 3.26. The first-order valence-electron chi connectivity index (χ1n) is 9.72. The first kappa shape index (κ1) is 22.1. The van der Waals surface area contributed by atoms with Crippen molar-refractivity contribution in [1.29, 1.82) is 0 Å². The number of aromatic hydroxyl groups is 1. The number of sulfonamides is 1. The van der Waals surface area contributed by atoms with Crippen molar-refractivity contribution in [2.45, 2.75) is 31.3 Å². The number of aliphatic hydroxyl groups is 1. The van der Waals surface area contributed by atoms with Crippen molar-refractivity contribution in [3.63, 3.8) is 0 Å². The molecule has 2 aromatic heterocycles. The number of methoxy groups -OCH3 is 1. The van der Waals surface area contributed by atoms with Gasteiger partial charge in [0.05, 0.1) is 34.7 Å². The van der Waals surface area contributed by atoms with Gasteiger partial charge in [-0.2, -0.15) is 0 Å². The molecule has 4 rings (SSSR count). The molecule has 2 heterocycles. The van der Waals surface area contributed by atoms with E-state index in [0.717, 1.165) is 10.6 Å². The Balaban J connectivity index is 1.85. The number of imidazole rings is 1. The fraction of sp³-hybridized carbons (Fsp3) is 0.227. The van der Waals surface area contributed by atoms with Crippen LogP contribution < -0.4 is 9.46 Å². The number of aryl methyl sites for hydroxylation is 1. The predicted octanol–water partition coefficient (Wildman–Crippen LogP) is 4.11. The molecule has 0 aliphatic carbocycles. The van der Waals surface area contributed by atoms with E-state index in [2.05, 4.69) is 9.71 Å². The minimum atomic E-state index is -4.08. The van der Waals surface area contributed by atoms with Crippen LogP contribution in [0.25, 0.3) is 16.2 Å². The number of ether oxygens (including phenoxy) is 1. The van der Waals surface area contributed by atoms with E-state index in [1.54, 1.807) is 38.1 Å². The molecule has 8 nitrogen and oxygen atoms in total. The number of phenols is 1. The van der Waals surface area contributed by atoms with Gasteiger partial charge in [0.1, 0.15) is 16.4 Å². The van der Waals surface area contributed by atoms with Crippen LogP contribution in [0.2, 0.25) is 0 Å². The molecular weight excluding hydrogens is 450 g/mol. The third-order valence-corrected chi connectivity index (χ3v) is 7.66. The monoisotopic (exact) mass is 473 g/mol. The highest BCUT2D eigenvalue weighted by atomic mass is 32.2. The maximum absolute atomic E-state index is 13.2. The lowest BCUT2D eigenvalue weighted by Gasteiger charge is -2.14. The molecule has 0 atom stereocenters. The van der Waals surface area contributed by atoms with Crippen LogP contribution in [0.5, 0.6) is 11.5 Å². The number of phenolic OH excluding ortho intramolecular Hbond substituents is 1. The van der Waals surface area contributed by atoms with E-state index < -0.39 is 15.6 Å². The molecule has 32 heavy (non-hydrogen) atoms. The minimum Gasteiger partial charge on any atom is -0.506 e. The molecule has 0 saturated carbocycles. The van der Waals surface area contributed by atoms with Crippen LogP contribution in [-0.2, 0) is 15.6 Å². The van der Waals surface area contributed by atoms with Crippen molar-refractivity contribution < 1.29 is 23.4 Å². The van der Waals surface area contributed by atoms with Gasteiger partial charge < -0.3 is 14.9 Å². The standard InChI is InChI=1S/C22H23N3O5S2/c1-13-20(25-12-19(22(2,3)27)31-21(25)23-13)14-9-10-17(30-4)18(11-14)32(28,29)24-15-7-5-6-8-16(15)26/h5-12,24,26-27H,1-4H3. The van der Waals surface area contributed by atoms with Crippen molar-refractivity contribution in [2.24, 2.45) is 0 Å². The third-order valence-electron chi connectivity index (χ3n) is 4.98. The Morgan fingerprint density at radius 2 is 1.91 bits per heavy atom. The predicted molar refractivity (Wildman–Crippen MR) is 124 cm³/mol. The zero-order valence-electron chi connectivity index (χ0n) is 17.9. The maximum Gasteiger partial charge on any atom is 0.265 e. The number of nitrogens with one attached hydrogen (secondary N) is 1. The van der Waals surface area contributed by atoms with Crippen molar-refractivity contribution in [3.8, 4) is 22.8 Å². The second-order valence-corrected chi connectivity index (χ2v) is 10.5. The van der Waals surface area contributed by atoms with E-state index >= 15 is 0 Å². The van der Waals surface area contributed by atoms with Crippen LogP contribution in [0.3, 0.4) is 0 Å². The van der Waals surface area contributed by atoms with Crippen molar-refractivity contribution in [1.82, 2.24) is 9.38 Å². The summed E-state index contributed by atoms with van der Waals surface area (Å²) in [7, 11) is -2.68. The van der Waals surface area contributed by atoms with Crippen molar-refractivity contribution in [2.75, 3.05) is 11.8 Å². The number of nitrogens with zero attached hydrogens (tertiary/aromatic N) is 2. The summed E-state index contributed by atoms with van der Waals surface area (Å²) >= 11 is 1.37. The zero-order chi connectivity index (χ0) is 23.3. The Morgan fingerprint density at radius 1 is 1.19 bits per heavy atom. The smallest absolute Gasteiger partial charge is 0.265 e. The summed E-state index contributed by atoms with van der Waals surface area (Å²) in [5.74, 6) is -0.0189. The van der Waals surface area contributed by atoms with E-state index in [-0.39, 0.29) is 22.1 Å². The number of aromatic nitrogens is 2. The van der Waals surface area contributed by atoms with Crippen molar-refractivity contribution in [3.05, 3.63) is 59.2 Å². The number of para-hydroxylation sites is 2. The lowest BCUT2D eigenvalue weighted by Crippen LogP contribution is -2.14. The topological polar surface area (TPSA) is 113 Å². The summed E-state index contributed by atoms with van der Waals surface area (Å²) in [6, 6.07) is 10.9. The molecule has 0 fully saturated rings. The minimum absolute atomic E-state index is 0.0653. The summed E-state index contributed by atoms with van der Waals surface area (Å²) < 4.78 is 35.9. The molecule has 2 aromatic carbocycles. The molecule has 168 valence electrons. The van der Waals surface area contributed by atoms with E-state index in [1.807, 2.05) is 17.5 Å². The normalized spacial score (nSPS) is 12.3. The Labute approximate surface area is 189 Å². The van der Waals surface area contributed by atoms with E-state index in [1.165, 1.54) is 36.6 Å². The summed E-state index contributed by atoms with van der Waals surface area (Å²) in [6.07, 6.45) is 1.81. The molecule has 3 N–H and O–H groups in total. The number of thiazole rings is 1. The quantitative estimate of drug-likeness (QED) is 0.363. The number of benzene rings is 2. The Hall–Kier alpha value is -3.08. The van der Waals surface area contributed by atoms with E-state index in [9.17, 15) is 18.6 Å². The van der Waals surface area contributed by atoms with Gasteiger partial charge in [0, 0.05) is 11.8 Å². The average molecular weight is 474 g/mol. The van der Waals surface area contributed by atoms with Crippen LogP contribution in [0, 0.1) is 6.92 Å². The summed E-state index contributed by atoms with van der Waals surface area (Å²) in [6.45, 7) is 5.25. The number of hydrogen-bond acceptors (Lipinski definition) is 7. The van der Waals surface area contributed by atoms with Crippen molar-refractivity contribution >= 4 is 32.0 Å². The molecule has 0 aliphatic rings. The fourth-order valence-electron chi connectivity index (χ4n) is 3.38. The number of hydrogen-bond donors (Lipinski definition) is 3. The Kier molecular flexibility index (Phi) is 5.40. The van der Waals surface area contributed by atoms with Gasteiger partial charge in [0.2, 0.25) is 0 Å². The lowest BCUT2D eigenvalue weighted by atomic mass is 10.1. The first-order chi connectivity index (χ1) is 15.0. The number of anilines is 1. The second-order valence-electron chi connectivity index (χ2n) is 7.84. The summed E-state index contributed by atoms with van der Waals surface area (Å²) in [5, 5.41) is 20.4. The zero-order valence-corrected chi connectivity index (χ0v) is 19.6. The van der Waals surface area contributed by atoms with Crippen LogP contribution in [0.1, 0.15) is 24.4 Å². The molecule has 0 unspecified atom stereocenters. The summed E-state index contributed by atoms with van der Waals surface area (Å²) in [4.78, 5) is 5.94. The molecule has 4 aromatic rings. The van der Waals surface area contributed by atoms with Crippen LogP contribution in [0.15, 0.2) is 53.6 Å². The number of rotatable bonds is 6. The van der Waals surface area contributed by atoms with E-state index in [4.69, 9.17) is 4.74 Å². The van der Waals surface area contributed by atoms with Gasteiger partial charge in [0.25, 0.3) is 10.0 Å². The van der Waals surface area contributed by atoms with Gasteiger partial charge in [-0.05, 0) is 51.1 Å². The van der Waals surface area contributed by atoms with Crippen LogP contribution >= 0.6 is 11.3 Å². The third kappa shape index (κ3) is 3.92. The van der Waals surface area contributed by atoms with Crippen LogP contribution in [0.4, 0.5) is 5.69 Å². The van der Waals surface area contributed by atoms with E-state index in [0.29, 0.717) is 16.2 Å². The van der Waals surface area contributed by atoms with Gasteiger partial charge >= 0.3 is 0 Å². The Morgan fingerprint density at radius 3 is 2.56 bits per heavy atom. The number of fused-ring (bicyclic) bond motifs is 1. The SMILES string of the molecule is COc1ccc(-c2c(C)nc3sc(C(C)(C)O)cn23)cc1S(=O)(=O)Nc1ccccc1O. The molecule has 0 radical (unpaired) electrons. The highest BCUT2D eigenvalue weighted by molar-refractivity contribution is 7.92. The molecule has 0 aliphatic heterocycles. The second kappa shape index (κ2) is 7.80. The maximum atomic E-state index is 13.2. The lowest BCUT2D eigenvalue weighted by molar-refractivity contribution is 0.0822. The summed E-state index contributed by atoms with van der Waals surface area (Å²) in [5.41, 5.74) is 1.10. The van der Waals surface area contributed by atoms with Gasteiger partial charge in [-0.25, -0.2) is 13.4 Å². The highest BCUT2D eigenvalue weighted by Crippen LogP contribution is 2.36. The van der Waals surface area contributed by atoms with Gasteiger partial charge in [-0.1, -0.05) is 23.5 Å². The molecule has 10 heteroatoms. The van der Waals surface area contributed by atoms with Gasteiger partial charge in [-0.15, -0.1) is 0 Å². The molecule has 0 amide bonds. The fourth-order valence-corrected chi connectivity index (χ4v) is 5.68. The van der Waals surface area contributed by atoms with Gasteiger partial charge in [-0.3, -0.25) is 9.12 Å².